The Morgan fingerprint density at radius 1 is 1.22 bits per heavy atom. The van der Waals surface area contributed by atoms with Crippen molar-refractivity contribution in [2.45, 2.75) is 32.4 Å². The van der Waals surface area contributed by atoms with E-state index in [1.54, 1.807) is 6.33 Å². The summed E-state index contributed by atoms with van der Waals surface area (Å²) in [7, 11) is 2.19. The molecule has 0 radical (unpaired) electrons. The van der Waals surface area contributed by atoms with Crippen molar-refractivity contribution >= 4 is 22.4 Å². The Hall–Kier alpha value is -2.49. The molecular formula is C19H22N4. The maximum Gasteiger partial charge on any atom is 0.137 e. The van der Waals surface area contributed by atoms with Crippen molar-refractivity contribution in [3.63, 3.8) is 0 Å². The first kappa shape index (κ1) is 14.1. The van der Waals surface area contributed by atoms with Crippen molar-refractivity contribution in [1.29, 1.82) is 0 Å². The van der Waals surface area contributed by atoms with Crippen LogP contribution in [-0.2, 0) is 5.66 Å². The summed E-state index contributed by atoms with van der Waals surface area (Å²) < 4.78 is 0. The van der Waals surface area contributed by atoms with Crippen LogP contribution in [0.1, 0.15) is 30.9 Å². The number of nitrogens with zero attached hydrogens (tertiary/aromatic N) is 2. The van der Waals surface area contributed by atoms with Gasteiger partial charge in [0.2, 0.25) is 0 Å². The van der Waals surface area contributed by atoms with E-state index in [-0.39, 0.29) is 5.66 Å². The van der Waals surface area contributed by atoms with E-state index < -0.39 is 0 Å². The zero-order chi connectivity index (χ0) is 16.0. The second-order valence-electron chi connectivity index (χ2n) is 6.40. The monoisotopic (exact) mass is 306 g/mol. The highest BCUT2D eigenvalue weighted by Crippen LogP contribution is 2.48. The minimum Gasteiger partial charge on any atom is -0.357 e. The van der Waals surface area contributed by atoms with Crippen molar-refractivity contribution in [2.75, 3.05) is 17.3 Å². The molecule has 1 aliphatic rings. The summed E-state index contributed by atoms with van der Waals surface area (Å²) >= 11 is 0. The third-order valence-electron chi connectivity index (χ3n) is 5.00. The smallest absolute Gasteiger partial charge is 0.137 e. The van der Waals surface area contributed by atoms with Gasteiger partial charge in [-0.3, -0.25) is 0 Å². The van der Waals surface area contributed by atoms with Crippen LogP contribution in [0.15, 0.2) is 42.7 Å². The highest BCUT2D eigenvalue weighted by atomic mass is 15.4. The molecule has 4 rings (SSSR count). The summed E-state index contributed by atoms with van der Waals surface area (Å²) in [6.45, 7) is 4.42. The van der Waals surface area contributed by atoms with Crippen LogP contribution in [0.5, 0.6) is 0 Å². The van der Waals surface area contributed by atoms with Gasteiger partial charge in [-0.25, -0.2) is 4.98 Å². The van der Waals surface area contributed by atoms with Crippen molar-refractivity contribution in [1.82, 2.24) is 9.97 Å². The first-order chi connectivity index (χ1) is 11.2. The number of imidazole rings is 1. The fourth-order valence-corrected chi connectivity index (χ4v) is 3.90. The maximum absolute atomic E-state index is 4.34. The molecule has 0 saturated heterocycles. The molecule has 0 spiro atoms. The molecule has 23 heavy (non-hydrogen) atoms. The van der Waals surface area contributed by atoms with Gasteiger partial charge in [-0.15, -0.1) is 0 Å². The number of benzene rings is 2. The van der Waals surface area contributed by atoms with Crippen molar-refractivity contribution in [3.05, 3.63) is 53.9 Å². The number of aryl methyl sites for hydroxylation is 1. The molecule has 3 aromatic rings. The fraction of sp³-hybridized carbons (Fsp3) is 0.316. The summed E-state index contributed by atoms with van der Waals surface area (Å²) in [5.41, 5.74) is 6.97. The van der Waals surface area contributed by atoms with E-state index in [1.165, 1.54) is 22.5 Å². The topological polar surface area (TPSA) is 44.0 Å². The molecule has 0 saturated carbocycles. The number of H-pyrrole nitrogens is 1. The number of hydrogen-bond donors (Lipinski definition) is 2. The molecule has 1 aliphatic heterocycles. The predicted octanol–water partition coefficient (Wildman–Crippen LogP) is 4.39. The largest absolute Gasteiger partial charge is 0.357 e. The Morgan fingerprint density at radius 3 is 2.87 bits per heavy atom. The van der Waals surface area contributed by atoms with E-state index in [9.17, 15) is 0 Å². The van der Waals surface area contributed by atoms with Crippen molar-refractivity contribution < 1.29 is 0 Å². The second kappa shape index (κ2) is 5.01. The van der Waals surface area contributed by atoms with E-state index in [0.29, 0.717) is 0 Å². The number of para-hydroxylation sites is 1. The molecule has 0 fully saturated rings. The quantitative estimate of drug-likeness (QED) is 0.754. The van der Waals surface area contributed by atoms with E-state index in [1.807, 2.05) is 0 Å². The lowest BCUT2D eigenvalue weighted by Gasteiger charge is -2.38. The number of anilines is 2. The van der Waals surface area contributed by atoms with E-state index in [0.717, 1.165) is 23.9 Å². The van der Waals surface area contributed by atoms with Crippen LogP contribution < -0.4 is 10.2 Å². The lowest BCUT2D eigenvalue weighted by Crippen LogP contribution is -2.46. The third kappa shape index (κ3) is 1.94. The van der Waals surface area contributed by atoms with Crippen molar-refractivity contribution in [3.8, 4) is 0 Å². The van der Waals surface area contributed by atoms with Crippen molar-refractivity contribution in [2.24, 2.45) is 0 Å². The highest BCUT2D eigenvalue weighted by molar-refractivity contribution is 5.83. The SMILES string of the molecule is CCCC1(c2ccc3nc[nH]c3c2)Nc2cccc(C)c2N1C. The maximum atomic E-state index is 4.34. The van der Waals surface area contributed by atoms with Gasteiger partial charge in [0, 0.05) is 7.05 Å². The molecule has 1 aromatic heterocycles. The Bertz CT molecular complexity index is 867. The summed E-state index contributed by atoms with van der Waals surface area (Å²) in [6.07, 6.45) is 3.90. The van der Waals surface area contributed by atoms with E-state index in [4.69, 9.17) is 0 Å². The lowest BCUT2D eigenvalue weighted by atomic mass is 9.93. The van der Waals surface area contributed by atoms with Gasteiger partial charge >= 0.3 is 0 Å². The Morgan fingerprint density at radius 2 is 2.09 bits per heavy atom. The summed E-state index contributed by atoms with van der Waals surface area (Å²) in [6, 6.07) is 13.0. The van der Waals surface area contributed by atoms with Gasteiger partial charge in [0.25, 0.3) is 0 Å². The number of aromatic amines is 1. The molecule has 1 atom stereocenters. The van der Waals surface area contributed by atoms with Gasteiger partial charge < -0.3 is 15.2 Å². The van der Waals surface area contributed by atoms with Gasteiger partial charge in [-0.05, 0) is 42.7 Å². The number of rotatable bonds is 3. The molecule has 2 heterocycles. The Labute approximate surface area is 136 Å². The molecule has 4 nitrogen and oxygen atoms in total. The first-order valence-electron chi connectivity index (χ1n) is 8.21. The van der Waals surface area contributed by atoms with Crippen LogP contribution in [0.3, 0.4) is 0 Å². The summed E-state index contributed by atoms with van der Waals surface area (Å²) in [4.78, 5) is 9.97. The van der Waals surface area contributed by atoms with Crippen LogP contribution in [0.4, 0.5) is 11.4 Å². The van der Waals surface area contributed by atoms with Gasteiger partial charge in [-0.2, -0.15) is 0 Å². The number of aromatic nitrogens is 2. The van der Waals surface area contributed by atoms with Crippen LogP contribution in [0.2, 0.25) is 0 Å². The summed E-state index contributed by atoms with van der Waals surface area (Å²) in [5, 5.41) is 3.80. The van der Waals surface area contributed by atoms with Gasteiger partial charge in [0.05, 0.1) is 28.7 Å². The minimum atomic E-state index is -0.206. The zero-order valence-electron chi connectivity index (χ0n) is 13.9. The standard InChI is InChI=1S/C19H22N4/c1-4-10-19(14-8-9-15-17(11-14)21-12-20-15)22-16-7-5-6-13(2)18(16)23(19)3/h5-9,11-12,22H,4,10H2,1-3H3,(H,20,21). The van der Waals surface area contributed by atoms with E-state index in [2.05, 4.69) is 77.5 Å². The number of hydrogen-bond acceptors (Lipinski definition) is 3. The average Bonchev–Trinajstić information content (AvgIpc) is 3.11. The molecule has 118 valence electrons. The molecule has 0 aliphatic carbocycles. The van der Waals surface area contributed by atoms with Crippen LogP contribution in [0.25, 0.3) is 11.0 Å². The van der Waals surface area contributed by atoms with E-state index >= 15 is 0 Å². The predicted molar refractivity (Wildman–Crippen MR) is 95.9 cm³/mol. The van der Waals surface area contributed by atoms with Crippen LogP contribution >= 0.6 is 0 Å². The van der Waals surface area contributed by atoms with Gasteiger partial charge in [0.1, 0.15) is 5.66 Å². The number of nitrogens with one attached hydrogen (secondary N) is 2. The first-order valence-corrected chi connectivity index (χ1v) is 8.21. The van der Waals surface area contributed by atoms with Crippen LogP contribution in [0, 0.1) is 6.92 Å². The van der Waals surface area contributed by atoms with Gasteiger partial charge in [-0.1, -0.05) is 31.5 Å². The molecule has 4 heteroatoms. The number of fused-ring (bicyclic) bond motifs is 2. The molecule has 1 unspecified atom stereocenters. The average molecular weight is 306 g/mol. The van der Waals surface area contributed by atoms with Crippen LogP contribution in [-0.4, -0.2) is 17.0 Å². The Balaban J connectivity index is 1.89. The molecule has 2 aromatic carbocycles. The third-order valence-corrected chi connectivity index (χ3v) is 5.00. The lowest BCUT2D eigenvalue weighted by molar-refractivity contribution is 0.452. The molecule has 2 N–H and O–H groups in total. The molecule has 0 amide bonds. The highest BCUT2D eigenvalue weighted by Gasteiger charge is 2.42. The summed E-state index contributed by atoms with van der Waals surface area (Å²) in [5.74, 6) is 0. The molecule has 0 bridgehead atoms. The van der Waals surface area contributed by atoms with Gasteiger partial charge in [0.15, 0.2) is 0 Å². The zero-order valence-corrected chi connectivity index (χ0v) is 13.9. The normalized spacial score (nSPS) is 19.9. The Kier molecular flexibility index (Phi) is 3.08. The minimum absolute atomic E-state index is 0.206. The second-order valence-corrected chi connectivity index (χ2v) is 6.40. The molecular weight excluding hydrogens is 284 g/mol. The fourth-order valence-electron chi connectivity index (χ4n) is 3.90.